The number of benzene rings is 5. The Hall–Kier alpha value is -5.15. The zero-order chi connectivity index (χ0) is 29.6. The van der Waals surface area contributed by atoms with Crippen molar-refractivity contribution in [2.45, 2.75) is 26.3 Å². The van der Waals surface area contributed by atoms with Gasteiger partial charge in [0.05, 0.1) is 28.4 Å². The van der Waals surface area contributed by atoms with Crippen molar-refractivity contribution in [2.75, 3.05) is 33.7 Å². The summed E-state index contributed by atoms with van der Waals surface area (Å²) in [7, 11) is 2.05. The fourth-order valence-electron chi connectivity index (χ4n) is 4.91. The van der Waals surface area contributed by atoms with Crippen LogP contribution in [0.2, 0.25) is 0 Å². The van der Waals surface area contributed by atoms with Crippen LogP contribution in [0.15, 0.2) is 119 Å². The van der Waals surface area contributed by atoms with Gasteiger partial charge >= 0.3 is 0 Å². The van der Waals surface area contributed by atoms with E-state index in [0.29, 0.717) is 6.04 Å². The van der Waals surface area contributed by atoms with Gasteiger partial charge in [-0.05, 0) is 61.9 Å². The monoisotopic (exact) mass is 586 g/mol. The van der Waals surface area contributed by atoms with Crippen molar-refractivity contribution in [2.24, 2.45) is 10.2 Å². The molecule has 0 aliphatic carbocycles. The van der Waals surface area contributed by atoms with Crippen molar-refractivity contribution in [3.8, 4) is 0 Å². The minimum atomic E-state index is 0.403. The Bertz CT molecular complexity index is 1850. The summed E-state index contributed by atoms with van der Waals surface area (Å²) in [5.41, 5.74) is 15.6. The first-order valence-electron chi connectivity index (χ1n) is 14.3. The van der Waals surface area contributed by atoms with Gasteiger partial charge in [0, 0.05) is 51.9 Å². The Morgan fingerprint density at radius 2 is 1.47 bits per heavy atom. The average Bonchev–Trinajstić information content (AvgIpc) is 3.58. The predicted molar refractivity (Wildman–Crippen MR) is 183 cm³/mol. The normalized spacial score (nSPS) is 12.0. The summed E-state index contributed by atoms with van der Waals surface area (Å²) in [6, 6.07) is 33.4. The molecule has 8 nitrogen and oxygen atoms in total. The fourth-order valence-corrected chi connectivity index (χ4v) is 5.39. The van der Waals surface area contributed by atoms with Gasteiger partial charge in [0.25, 0.3) is 0 Å². The Balaban J connectivity index is 1.21. The van der Waals surface area contributed by atoms with E-state index < -0.39 is 0 Å². The number of nitrogens with one attached hydrogen (secondary N) is 4. The van der Waals surface area contributed by atoms with Crippen LogP contribution in [-0.4, -0.2) is 18.1 Å². The van der Waals surface area contributed by atoms with Gasteiger partial charge in [-0.3, -0.25) is 21.3 Å². The molecular formula is C34H34N8S. The van der Waals surface area contributed by atoms with Gasteiger partial charge in [-0.15, -0.1) is 16.5 Å². The molecule has 5 aromatic carbocycles. The second-order valence-corrected chi connectivity index (χ2v) is 11.2. The molecule has 9 heteroatoms. The van der Waals surface area contributed by atoms with Crippen LogP contribution in [0.1, 0.15) is 20.3 Å². The molecular weight excluding hydrogens is 552 g/mol. The Labute approximate surface area is 255 Å². The topological polar surface area (TPSA) is 89.0 Å². The number of anilines is 5. The SMILES string of the molecule is CCC(C)Nc1ccc(N(C)Nc2ccc(N=Nc3ccc(NNc4nccs4)cc3)c3ccccc23)c2ccccc12. The Morgan fingerprint density at radius 3 is 2.19 bits per heavy atom. The molecule has 0 saturated carbocycles. The van der Waals surface area contributed by atoms with E-state index in [2.05, 4.69) is 117 Å². The first kappa shape index (κ1) is 28.0. The molecule has 0 saturated heterocycles. The maximum absolute atomic E-state index is 4.61. The van der Waals surface area contributed by atoms with Crippen molar-refractivity contribution in [3.05, 3.63) is 109 Å². The van der Waals surface area contributed by atoms with E-state index in [0.717, 1.165) is 56.4 Å². The van der Waals surface area contributed by atoms with Gasteiger partial charge in [-0.2, -0.15) is 5.11 Å². The summed E-state index contributed by atoms with van der Waals surface area (Å²) in [5, 5.41) is 22.1. The zero-order valence-corrected chi connectivity index (χ0v) is 25.2. The molecule has 0 radical (unpaired) electrons. The van der Waals surface area contributed by atoms with Crippen LogP contribution in [0.25, 0.3) is 21.5 Å². The van der Waals surface area contributed by atoms with Gasteiger partial charge in [0.15, 0.2) is 0 Å². The zero-order valence-electron chi connectivity index (χ0n) is 24.4. The van der Waals surface area contributed by atoms with Crippen LogP contribution < -0.4 is 26.6 Å². The largest absolute Gasteiger partial charge is 0.382 e. The number of fused-ring (bicyclic) bond motifs is 2. The summed E-state index contributed by atoms with van der Waals surface area (Å²) in [5.74, 6) is 0. The Kier molecular flexibility index (Phi) is 8.33. The molecule has 1 heterocycles. The van der Waals surface area contributed by atoms with Crippen LogP contribution >= 0.6 is 11.3 Å². The Morgan fingerprint density at radius 1 is 0.767 bits per heavy atom. The minimum Gasteiger partial charge on any atom is -0.382 e. The molecule has 43 heavy (non-hydrogen) atoms. The van der Waals surface area contributed by atoms with Gasteiger partial charge < -0.3 is 5.32 Å². The van der Waals surface area contributed by atoms with Crippen LogP contribution in [-0.2, 0) is 0 Å². The fraction of sp³-hybridized carbons (Fsp3) is 0.147. The molecule has 6 rings (SSSR count). The average molecular weight is 587 g/mol. The maximum Gasteiger partial charge on any atom is 0.201 e. The number of hydrazine groups is 2. The summed E-state index contributed by atoms with van der Waals surface area (Å²) >= 11 is 1.53. The standard InChI is InChI=1S/C34H34N8S/c1-4-23(2)36-30-19-20-33(29-12-8-7-11-28(29)30)42(3)41-32-18-17-31(26-9-5-6-10-27(26)32)39-37-24-13-15-25(16-14-24)38-40-34-35-21-22-43-34/h5-23,36,38,41H,4H2,1-3H3,(H,35,40). The van der Waals surface area contributed by atoms with Gasteiger partial charge in [0.2, 0.25) is 5.13 Å². The summed E-state index contributed by atoms with van der Waals surface area (Å²) in [4.78, 5) is 4.20. The molecule has 0 aliphatic heterocycles. The van der Waals surface area contributed by atoms with E-state index in [-0.39, 0.29) is 0 Å². The van der Waals surface area contributed by atoms with Crippen LogP contribution in [0.3, 0.4) is 0 Å². The lowest BCUT2D eigenvalue weighted by Gasteiger charge is -2.25. The van der Waals surface area contributed by atoms with Crippen LogP contribution in [0.5, 0.6) is 0 Å². The van der Waals surface area contributed by atoms with Crippen molar-refractivity contribution in [3.63, 3.8) is 0 Å². The number of hydrogen-bond donors (Lipinski definition) is 4. The summed E-state index contributed by atoms with van der Waals surface area (Å²) in [6.07, 6.45) is 2.83. The van der Waals surface area contributed by atoms with Crippen LogP contribution in [0, 0.1) is 0 Å². The van der Waals surface area contributed by atoms with Gasteiger partial charge in [0.1, 0.15) is 0 Å². The third kappa shape index (κ3) is 6.37. The van der Waals surface area contributed by atoms with Crippen molar-refractivity contribution < 1.29 is 0 Å². The quantitative estimate of drug-likeness (QED) is 0.0892. The molecule has 0 amide bonds. The first-order chi connectivity index (χ1) is 21.1. The highest BCUT2D eigenvalue weighted by Crippen LogP contribution is 2.36. The minimum absolute atomic E-state index is 0.403. The number of hydrogen-bond acceptors (Lipinski definition) is 9. The van der Waals surface area contributed by atoms with Crippen LogP contribution in [0.4, 0.5) is 39.3 Å². The smallest absolute Gasteiger partial charge is 0.201 e. The van der Waals surface area contributed by atoms with E-state index in [1.165, 1.54) is 22.1 Å². The second kappa shape index (κ2) is 12.8. The van der Waals surface area contributed by atoms with Gasteiger partial charge in [-0.1, -0.05) is 55.5 Å². The molecule has 1 atom stereocenters. The van der Waals surface area contributed by atoms with E-state index in [1.54, 1.807) is 6.20 Å². The molecule has 0 spiro atoms. The van der Waals surface area contributed by atoms with E-state index in [1.807, 2.05) is 47.8 Å². The van der Waals surface area contributed by atoms with E-state index >= 15 is 0 Å². The molecule has 1 unspecified atom stereocenters. The summed E-state index contributed by atoms with van der Waals surface area (Å²) in [6.45, 7) is 4.41. The third-order valence-corrected chi connectivity index (χ3v) is 8.04. The van der Waals surface area contributed by atoms with Crippen molar-refractivity contribution in [1.82, 2.24) is 4.98 Å². The molecule has 0 fully saturated rings. The second-order valence-electron chi connectivity index (χ2n) is 10.3. The lowest BCUT2D eigenvalue weighted by atomic mass is 10.1. The third-order valence-electron chi connectivity index (χ3n) is 7.35. The number of rotatable bonds is 11. The number of azo groups is 1. The number of thiazole rings is 1. The lowest BCUT2D eigenvalue weighted by molar-refractivity contribution is 0.765. The van der Waals surface area contributed by atoms with Crippen molar-refractivity contribution >= 4 is 72.1 Å². The summed E-state index contributed by atoms with van der Waals surface area (Å²) < 4.78 is 0. The van der Waals surface area contributed by atoms with Crippen molar-refractivity contribution in [1.29, 1.82) is 0 Å². The number of aromatic nitrogens is 1. The molecule has 0 bridgehead atoms. The molecule has 0 aliphatic rings. The highest BCUT2D eigenvalue weighted by Gasteiger charge is 2.13. The van der Waals surface area contributed by atoms with Gasteiger partial charge in [-0.25, -0.2) is 4.98 Å². The molecule has 6 aromatic rings. The predicted octanol–water partition coefficient (Wildman–Crippen LogP) is 9.98. The lowest BCUT2D eigenvalue weighted by Crippen LogP contribution is -2.25. The highest BCUT2D eigenvalue weighted by atomic mass is 32.1. The molecule has 216 valence electrons. The maximum atomic E-state index is 4.61. The highest BCUT2D eigenvalue weighted by molar-refractivity contribution is 7.13. The molecule has 1 aromatic heterocycles. The molecule has 4 N–H and O–H groups in total. The van der Waals surface area contributed by atoms with E-state index in [9.17, 15) is 0 Å². The number of nitrogens with zero attached hydrogens (tertiary/aromatic N) is 4. The van der Waals surface area contributed by atoms with E-state index in [4.69, 9.17) is 0 Å². The first-order valence-corrected chi connectivity index (χ1v) is 15.2.